The summed E-state index contributed by atoms with van der Waals surface area (Å²) in [4.78, 5) is 0. The van der Waals surface area contributed by atoms with E-state index in [9.17, 15) is 0 Å². The van der Waals surface area contributed by atoms with Gasteiger partial charge in [-0.25, -0.2) is 0 Å². The van der Waals surface area contributed by atoms with Crippen LogP contribution in [0.15, 0.2) is 37.4 Å². The number of rotatable bonds is 2. The first-order valence-corrected chi connectivity index (χ1v) is 3.13. The molecular formula is C11H12K-. The third-order valence-electron chi connectivity index (χ3n) is 1.37. The van der Waals surface area contributed by atoms with Crippen molar-refractivity contribution in [2.75, 3.05) is 0 Å². The fourth-order valence-electron chi connectivity index (χ4n) is 0.836. The first-order valence-electron chi connectivity index (χ1n) is 3.13. The second-order valence-electron chi connectivity index (χ2n) is 1.97. The molecule has 0 nitrogen and oxygen atoms in total. The van der Waals surface area contributed by atoms with Gasteiger partial charge in [-0.1, -0.05) is 6.07 Å². The molecule has 1 rings (SSSR count). The van der Waals surface area contributed by atoms with E-state index in [1.807, 2.05) is 24.3 Å². The van der Waals surface area contributed by atoms with Crippen molar-refractivity contribution in [3.8, 4) is 0 Å². The Labute approximate surface area is 118 Å². The molecule has 1 heteroatoms. The minimum atomic E-state index is 0. The van der Waals surface area contributed by atoms with E-state index in [2.05, 4.69) is 19.2 Å². The van der Waals surface area contributed by atoms with Crippen LogP contribution in [-0.4, -0.2) is 0 Å². The van der Waals surface area contributed by atoms with Gasteiger partial charge in [0.2, 0.25) is 0 Å². The Bertz CT molecular complexity index is 224. The van der Waals surface area contributed by atoms with Crippen LogP contribution in [0.25, 0.3) is 6.08 Å². The summed E-state index contributed by atoms with van der Waals surface area (Å²) in [6.45, 7) is 7.24. The zero-order valence-electron chi connectivity index (χ0n) is 7.80. The summed E-state index contributed by atoms with van der Waals surface area (Å²) < 4.78 is 0. The van der Waals surface area contributed by atoms with Crippen molar-refractivity contribution in [1.29, 1.82) is 0 Å². The van der Waals surface area contributed by atoms with Crippen molar-refractivity contribution >= 4 is 6.08 Å². The van der Waals surface area contributed by atoms with E-state index in [-0.39, 0.29) is 58.8 Å². The standard InChI is InChI=1S/C10H9.CH3.K/c1-3-9-7-5-6-8-10(9)4-2;;/h3,5-8H,1-2H2;1H3;/q2*-1;+1. The maximum absolute atomic E-state index is 3.67. The van der Waals surface area contributed by atoms with Crippen molar-refractivity contribution in [3.05, 3.63) is 62.1 Å². The molecule has 0 saturated heterocycles. The first kappa shape index (κ1) is 14.8. The molecule has 0 bridgehead atoms. The van der Waals surface area contributed by atoms with Crippen LogP contribution in [0.5, 0.6) is 0 Å². The molecule has 0 N–H and O–H groups in total. The third-order valence-corrected chi connectivity index (χ3v) is 1.37. The molecule has 0 atom stereocenters. The molecule has 0 aliphatic carbocycles. The van der Waals surface area contributed by atoms with Crippen LogP contribution < -0.4 is 51.4 Å². The van der Waals surface area contributed by atoms with Crippen LogP contribution in [0, 0.1) is 13.5 Å². The minimum absolute atomic E-state index is 0. The zero-order chi connectivity index (χ0) is 7.40. The monoisotopic (exact) mass is 183 g/mol. The van der Waals surface area contributed by atoms with Gasteiger partial charge >= 0.3 is 51.4 Å². The summed E-state index contributed by atoms with van der Waals surface area (Å²) in [5.74, 6) is 0. The van der Waals surface area contributed by atoms with Gasteiger partial charge in [0.25, 0.3) is 0 Å². The predicted molar refractivity (Wildman–Crippen MR) is 50.9 cm³/mol. The van der Waals surface area contributed by atoms with E-state index in [0.717, 1.165) is 11.1 Å². The van der Waals surface area contributed by atoms with Gasteiger partial charge in [0.15, 0.2) is 0 Å². The smallest absolute Gasteiger partial charge is 0.358 e. The average molecular weight is 183 g/mol. The Morgan fingerprint density at radius 3 is 2.25 bits per heavy atom. The topological polar surface area (TPSA) is 0 Å². The molecule has 0 unspecified atom stereocenters. The van der Waals surface area contributed by atoms with E-state index in [1.165, 1.54) is 0 Å². The SMILES string of the molecule is C=[C-]c1ccccc1C=C.[CH3-].[K+]. The van der Waals surface area contributed by atoms with Crippen LogP contribution in [0.4, 0.5) is 0 Å². The molecule has 58 valence electrons. The van der Waals surface area contributed by atoms with Crippen molar-refractivity contribution in [1.82, 2.24) is 0 Å². The zero-order valence-corrected chi connectivity index (χ0v) is 10.9. The molecule has 0 amide bonds. The largest absolute Gasteiger partial charge is 1.00 e. The number of hydrogen-bond donors (Lipinski definition) is 0. The molecule has 0 heterocycles. The van der Waals surface area contributed by atoms with Crippen LogP contribution in [0.1, 0.15) is 11.1 Å². The Balaban J connectivity index is 0. The fraction of sp³-hybridized carbons (Fsp3) is 0. The number of hydrogen-bond acceptors (Lipinski definition) is 0. The molecule has 0 aliphatic heterocycles. The molecule has 0 fully saturated rings. The van der Waals surface area contributed by atoms with Gasteiger partial charge in [0.05, 0.1) is 0 Å². The van der Waals surface area contributed by atoms with Crippen LogP contribution >= 0.6 is 0 Å². The molecule has 0 aliphatic rings. The molecule has 1 aromatic carbocycles. The van der Waals surface area contributed by atoms with E-state index in [0.29, 0.717) is 0 Å². The molecule has 12 heavy (non-hydrogen) atoms. The van der Waals surface area contributed by atoms with Crippen LogP contribution in [0.3, 0.4) is 0 Å². The van der Waals surface area contributed by atoms with Gasteiger partial charge in [-0.15, -0.1) is 30.4 Å². The van der Waals surface area contributed by atoms with Gasteiger partial charge in [-0.2, -0.15) is 24.3 Å². The summed E-state index contributed by atoms with van der Waals surface area (Å²) in [6, 6.07) is 7.88. The maximum atomic E-state index is 3.67. The summed E-state index contributed by atoms with van der Waals surface area (Å²) >= 11 is 0. The predicted octanol–water partition coefficient (Wildman–Crippen LogP) is 0.121. The Morgan fingerprint density at radius 2 is 1.83 bits per heavy atom. The van der Waals surface area contributed by atoms with Crippen molar-refractivity contribution in [2.45, 2.75) is 0 Å². The quantitative estimate of drug-likeness (QED) is 0.451. The van der Waals surface area contributed by atoms with Crippen molar-refractivity contribution < 1.29 is 51.4 Å². The van der Waals surface area contributed by atoms with Crippen molar-refractivity contribution in [3.63, 3.8) is 0 Å². The number of benzene rings is 1. The van der Waals surface area contributed by atoms with E-state index >= 15 is 0 Å². The molecule has 0 radical (unpaired) electrons. The molecular weight excluding hydrogens is 171 g/mol. The van der Waals surface area contributed by atoms with Gasteiger partial charge < -0.3 is 7.43 Å². The first-order chi connectivity index (χ1) is 4.88. The molecule has 0 aromatic heterocycles. The fourth-order valence-corrected chi connectivity index (χ4v) is 0.836. The maximum Gasteiger partial charge on any atom is 1.00 e. The van der Waals surface area contributed by atoms with E-state index in [1.54, 1.807) is 6.08 Å². The van der Waals surface area contributed by atoms with E-state index in [4.69, 9.17) is 0 Å². The third kappa shape index (κ3) is 3.83. The second-order valence-corrected chi connectivity index (χ2v) is 1.97. The van der Waals surface area contributed by atoms with Crippen molar-refractivity contribution in [2.24, 2.45) is 0 Å². The summed E-state index contributed by atoms with van der Waals surface area (Å²) in [7, 11) is 0. The van der Waals surface area contributed by atoms with Crippen LogP contribution in [-0.2, 0) is 0 Å². The van der Waals surface area contributed by atoms with Crippen LogP contribution in [0.2, 0.25) is 0 Å². The Morgan fingerprint density at radius 1 is 1.25 bits per heavy atom. The van der Waals surface area contributed by atoms with Gasteiger partial charge in [-0.05, 0) is 0 Å². The summed E-state index contributed by atoms with van der Waals surface area (Å²) in [5.41, 5.74) is 2.09. The molecule has 0 spiro atoms. The molecule has 0 saturated carbocycles. The van der Waals surface area contributed by atoms with Gasteiger partial charge in [0.1, 0.15) is 0 Å². The minimum Gasteiger partial charge on any atom is -0.358 e. The summed E-state index contributed by atoms with van der Waals surface area (Å²) in [6.07, 6.45) is 4.62. The van der Waals surface area contributed by atoms with Gasteiger partial charge in [-0.3, -0.25) is 0 Å². The Kier molecular flexibility index (Phi) is 9.84. The van der Waals surface area contributed by atoms with E-state index < -0.39 is 0 Å². The second kappa shape index (κ2) is 7.96. The average Bonchev–Trinajstić information content (AvgIpc) is 2.04. The molecule has 1 aromatic rings. The Hall–Kier alpha value is 0.336. The van der Waals surface area contributed by atoms with Gasteiger partial charge in [0, 0.05) is 0 Å². The normalized spacial score (nSPS) is 7.33. The summed E-state index contributed by atoms with van der Waals surface area (Å²) in [5, 5.41) is 0.